The second-order valence-electron chi connectivity index (χ2n) is 10.4. The van der Waals surface area contributed by atoms with Gasteiger partial charge < -0.3 is 14.5 Å². The number of hydrogen-bond acceptors (Lipinski definition) is 7. The molecular weight excluding hydrogens is 528 g/mol. The molecule has 11 nitrogen and oxygen atoms in total. The summed E-state index contributed by atoms with van der Waals surface area (Å²) >= 11 is 0. The molecule has 4 amide bonds. The van der Waals surface area contributed by atoms with Crippen LogP contribution in [0.3, 0.4) is 0 Å². The molecule has 2 aromatic rings. The van der Waals surface area contributed by atoms with Gasteiger partial charge >= 0.3 is 5.69 Å². The van der Waals surface area contributed by atoms with Crippen LogP contribution in [0.5, 0.6) is 5.75 Å². The van der Waals surface area contributed by atoms with Crippen molar-refractivity contribution in [2.24, 2.45) is 0 Å². The van der Waals surface area contributed by atoms with Crippen LogP contribution < -0.4 is 10.1 Å². The lowest BCUT2D eigenvalue weighted by Crippen LogP contribution is -2.52. The number of nitrogens with one attached hydrogen (secondary N) is 1. The van der Waals surface area contributed by atoms with Gasteiger partial charge in [0.15, 0.2) is 5.75 Å². The average molecular weight is 559 g/mol. The van der Waals surface area contributed by atoms with Crippen molar-refractivity contribution in [2.75, 3.05) is 13.7 Å². The maximum absolute atomic E-state index is 13.4. The molecule has 11 heteroatoms. The third-order valence-corrected chi connectivity index (χ3v) is 7.92. The largest absolute Gasteiger partial charge is 0.490 e. The van der Waals surface area contributed by atoms with Crippen molar-refractivity contribution < 1.29 is 28.8 Å². The second kappa shape index (κ2) is 11.8. The third kappa shape index (κ3) is 5.63. The molecule has 1 N–H and O–H groups in total. The summed E-state index contributed by atoms with van der Waals surface area (Å²) in [4.78, 5) is 64.3. The van der Waals surface area contributed by atoms with Gasteiger partial charge in [-0.05, 0) is 55.9 Å². The van der Waals surface area contributed by atoms with Gasteiger partial charge in [-0.1, -0.05) is 17.9 Å². The average Bonchev–Trinajstić information content (AvgIpc) is 3.31. The fraction of sp³-hybridized carbons (Fsp3) is 0.400. The molecule has 212 valence electrons. The molecule has 2 aromatic carbocycles. The first-order valence-corrected chi connectivity index (χ1v) is 13.7. The minimum absolute atomic E-state index is 0.0159. The summed E-state index contributed by atoms with van der Waals surface area (Å²) in [7, 11) is 1.34. The molecule has 41 heavy (non-hydrogen) atoms. The number of ether oxygens (including phenoxy) is 1. The highest BCUT2D eigenvalue weighted by Gasteiger charge is 2.39. The zero-order valence-corrected chi connectivity index (χ0v) is 22.7. The normalized spacial score (nSPS) is 20.2. The Morgan fingerprint density at radius 3 is 2.76 bits per heavy atom. The SMILES string of the molecule is COc1cc(C(=O)N2CCCC[C@@H]2CCC#Cc2cccc3c2CN(C2CCC(=O)NC2=O)C3=O)ccc1[N+](=O)[O-]. The van der Waals surface area contributed by atoms with Crippen molar-refractivity contribution in [1.29, 1.82) is 0 Å². The smallest absolute Gasteiger partial charge is 0.310 e. The molecule has 3 aliphatic heterocycles. The van der Waals surface area contributed by atoms with Crippen molar-refractivity contribution in [3.8, 4) is 17.6 Å². The van der Waals surface area contributed by atoms with E-state index in [1.54, 1.807) is 12.1 Å². The molecule has 0 aliphatic carbocycles. The molecule has 2 atom stereocenters. The number of imide groups is 1. The van der Waals surface area contributed by atoms with Crippen molar-refractivity contribution in [3.05, 3.63) is 68.8 Å². The summed E-state index contributed by atoms with van der Waals surface area (Å²) in [6.07, 6.45) is 4.41. The number of carbonyl (C=O) groups is 4. The van der Waals surface area contributed by atoms with Crippen LogP contribution in [0.1, 0.15) is 76.8 Å². The summed E-state index contributed by atoms with van der Waals surface area (Å²) in [5.74, 6) is 5.23. The van der Waals surface area contributed by atoms with Gasteiger partial charge in [-0.3, -0.25) is 34.6 Å². The summed E-state index contributed by atoms with van der Waals surface area (Å²) in [6, 6.07) is 8.83. The predicted octanol–water partition coefficient (Wildman–Crippen LogP) is 3.19. The summed E-state index contributed by atoms with van der Waals surface area (Å²) < 4.78 is 5.13. The summed E-state index contributed by atoms with van der Waals surface area (Å²) in [6.45, 7) is 0.857. The number of nitro benzene ring substituents is 1. The number of fused-ring (bicyclic) bond motifs is 1. The van der Waals surface area contributed by atoms with Gasteiger partial charge in [0.2, 0.25) is 11.8 Å². The van der Waals surface area contributed by atoms with Crippen LogP contribution in [0, 0.1) is 22.0 Å². The number of rotatable bonds is 6. The van der Waals surface area contributed by atoms with Gasteiger partial charge in [-0.25, -0.2) is 0 Å². The summed E-state index contributed by atoms with van der Waals surface area (Å²) in [5.41, 5.74) is 2.17. The molecular formula is C30H30N4O7. The fourth-order valence-electron chi connectivity index (χ4n) is 5.79. The van der Waals surface area contributed by atoms with Gasteiger partial charge in [0.1, 0.15) is 6.04 Å². The number of carbonyl (C=O) groups excluding carboxylic acids is 4. The number of benzene rings is 2. The standard InChI is InChI=1S/C30H30N4O7/c1-41-26-17-20(12-13-24(26)34(39)40)29(37)32-16-5-4-10-21(32)9-3-2-7-19-8-6-11-22-23(19)18-33(30(22)38)25-14-15-27(35)31-28(25)36/h6,8,11-13,17,21,25H,3-5,9-10,14-16,18H2,1H3,(H,31,35,36)/t21-,25?/m0/s1. The lowest BCUT2D eigenvalue weighted by molar-refractivity contribution is -0.385. The fourth-order valence-corrected chi connectivity index (χ4v) is 5.79. The Balaban J connectivity index is 1.26. The van der Waals surface area contributed by atoms with Gasteiger partial charge in [0.05, 0.1) is 12.0 Å². The molecule has 2 fully saturated rings. The lowest BCUT2D eigenvalue weighted by Gasteiger charge is -2.35. The highest BCUT2D eigenvalue weighted by atomic mass is 16.6. The molecule has 3 heterocycles. The van der Waals surface area contributed by atoms with E-state index >= 15 is 0 Å². The predicted molar refractivity (Wildman–Crippen MR) is 147 cm³/mol. The number of nitrogens with zero attached hydrogens (tertiary/aromatic N) is 3. The first-order chi connectivity index (χ1) is 19.8. The van der Waals surface area contributed by atoms with Crippen molar-refractivity contribution in [3.63, 3.8) is 0 Å². The van der Waals surface area contributed by atoms with Gasteiger partial charge in [-0.2, -0.15) is 0 Å². The monoisotopic (exact) mass is 558 g/mol. The van der Waals surface area contributed by atoms with Gasteiger partial charge in [0.25, 0.3) is 11.8 Å². The van der Waals surface area contributed by atoms with Gasteiger partial charge in [0, 0.05) is 60.8 Å². The van der Waals surface area contributed by atoms with Crippen LogP contribution in [0.25, 0.3) is 0 Å². The van der Waals surface area contributed by atoms with Crippen LogP contribution in [0.15, 0.2) is 36.4 Å². The zero-order valence-electron chi connectivity index (χ0n) is 22.7. The Labute approximate surface area is 237 Å². The maximum atomic E-state index is 13.4. The lowest BCUT2D eigenvalue weighted by atomic mass is 9.96. The number of amides is 4. The maximum Gasteiger partial charge on any atom is 0.310 e. The van der Waals surface area contributed by atoms with Crippen LogP contribution >= 0.6 is 0 Å². The molecule has 0 bridgehead atoms. The van der Waals surface area contributed by atoms with E-state index in [9.17, 15) is 29.3 Å². The van der Waals surface area contributed by atoms with E-state index in [1.165, 1.54) is 30.2 Å². The molecule has 0 spiro atoms. The van der Waals surface area contributed by atoms with Crippen molar-refractivity contribution in [1.82, 2.24) is 15.1 Å². The molecule has 2 saturated heterocycles. The minimum atomic E-state index is -0.682. The molecule has 0 radical (unpaired) electrons. The van der Waals surface area contributed by atoms with Gasteiger partial charge in [-0.15, -0.1) is 0 Å². The van der Waals surface area contributed by atoms with E-state index in [1.807, 2.05) is 11.0 Å². The third-order valence-electron chi connectivity index (χ3n) is 7.92. The molecule has 5 rings (SSSR count). The van der Waals surface area contributed by atoms with Crippen molar-refractivity contribution >= 4 is 29.3 Å². The number of hydrogen-bond donors (Lipinski definition) is 1. The number of likely N-dealkylation sites (tertiary alicyclic amines) is 1. The highest BCUT2D eigenvalue weighted by molar-refractivity contribution is 6.05. The highest BCUT2D eigenvalue weighted by Crippen LogP contribution is 2.31. The number of piperidine rings is 2. The Bertz CT molecular complexity index is 1490. The van der Waals surface area contributed by atoms with Crippen LogP contribution in [0.4, 0.5) is 5.69 Å². The Hall–Kier alpha value is -4.72. The van der Waals surface area contributed by atoms with E-state index in [2.05, 4.69) is 17.2 Å². The van der Waals surface area contributed by atoms with E-state index in [0.717, 1.165) is 30.4 Å². The minimum Gasteiger partial charge on any atom is -0.490 e. The van der Waals surface area contributed by atoms with Crippen LogP contribution in [-0.2, 0) is 16.1 Å². The first-order valence-electron chi connectivity index (χ1n) is 13.7. The second-order valence-corrected chi connectivity index (χ2v) is 10.4. The Kier molecular flexibility index (Phi) is 8.01. The summed E-state index contributed by atoms with van der Waals surface area (Å²) in [5, 5.41) is 13.5. The van der Waals surface area contributed by atoms with Crippen LogP contribution in [0.2, 0.25) is 0 Å². The molecule has 0 saturated carbocycles. The van der Waals surface area contributed by atoms with Crippen LogP contribution in [-0.4, -0.2) is 64.1 Å². The van der Waals surface area contributed by atoms with E-state index in [-0.39, 0.29) is 48.2 Å². The van der Waals surface area contributed by atoms with E-state index < -0.39 is 16.9 Å². The first kappa shape index (κ1) is 27.8. The Morgan fingerprint density at radius 1 is 1.17 bits per heavy atom. The molecule has 1 unspecified atom stereocenters. The number of nitro groups is 1. The molecule has 3 aliphatic rings. The van der Waals surface area contributed by atoms with E-state index in [4.69, 9.17) is 4.74 Å². The number of methoxy groups -OCH3 is 1. The molecule has 0 aromatic heterocycles. The quantitative estimate of drug-likeness (QED) is 0.249. The zero-order chi connectivity index (χ0) is 29.1. The Morgan fingerprint density at radius 2 is 2.00 bits per heavy atom. The van der Waals surface area contributed by atoms with Crippen molar-refractivity contribution in [2.45, 2.75) is 63.6 Å². The topological polar surface area (TPSA) is 139 Å². The van der Waals surface area contributed by atoms with E-state index in [0.29, 0.717) is 36.9 Å².